The van der Waals surface area contributed by atoms with Crippen LogP contribution in [0.5, 0.6) is 0 Å². The number of ether oxygens (including phenoxy) is 1. The van der Waals surface area contributed by atoms with Crippen molar-refractivity contribution in [1.82, 2.24) is 15.2 Å². The first kappa shape index (κ1) is 17.6. The van der Waals surface area contributed by atoms with Gasteiger partial charge in [0.2, 0.25) is 5.91 Å². The Balaban J connectivity index is 1.99. The summed E-state index contributed by atoms with van der Waals surface area (Å²) in [5.74, 6) is 0.851. The van der Waals surface area contributed by atoms with Crippen molar-refractivity contribution in [2.45, 2.75) is 45.4 Å². The molecule has 7 heteroatoms. The van der Waals surface area contributed by atoms with Gasteiger partial charge in [-0.2, -0.15) is 0 Å². The van der Waals surface area contributed by atoms with Gasteiger partial charge in [-0.05, 0) is 39.8 Å². The van der Waals surface area contributed by atoms with Crippen molar-refractivity contribution >= 4 is 23.8 Å². The minimum Gasteiger partial charge on any atom is -0.444 e. The lowest BCUT2D eigenvalue weighted by atomic mass is 10.2. The molecule has 0 unspecified atom stereocenters. The molecule has 0 radical (unpaired) electrons. The molecule has 1 aromatic rings. The van der Waals surface area contributed by atoms with Crippen LogP contribution in [0.1, 0.15) is 39.4 Å². The second kappa shape index (κ2) is 7.21. The van der Waals surface area contributed by atoms with Gasteiger partial charge in [0.05, 0.1) is 17.6 Å². The third-order valence-electron chi connectivity index (χ3n) is 3.30. The fourth-order valence-electron chi connectivity index (χ4n) is 2.18. The van der Waals surface area contributed by atoms with Crippen molar-refractivity contribution in [2.75, 3.05) is 11.6 Å². The van der Waals surface area contributed by atoms with E-state index in [1.54, 1.807) is 18.0 Å². The largest absolute Gasteiger partial charge is 0.444 e. The molecule has 1 fully saturated rings. The van der Waals surface area contributed by atoms with E-state index in [9.17, 15) is 9.59 Å². The molecular weight excluding hydrogens is 314 g/mol. The molecule has 2 atom stereocenters. The third-order valence-corrected chi connectivity index (χ3v) is 4.32. The summed E-state index contributed by atoms with van der Waals surface area (Å²) in [6.07, 6.45) is 1.24. The van der Waals surface area contributed by atoms with Crippen molar-refractivity contribution in [3.63, 3.8) is 0 Å². The molecule has 1 N–H and O–H groups in total. The maximum Gasteiger partial charge on any atom is 0.411 e. The summed E-state index contributed by atoms with van der Waals surface area (Å²) in [5, 5.41) is 2.92. The van der Waals surface area contributed by atoms with Gasteiger partial charge in [-0.1, -0.05) is 6.07 Å². The molecule has 0 bridgehead atoms. The monoisotopic (exact) mass is 337 g/mol. The second-order valence-electron chi connectivity index (χ2n) is 6.45. The summed E-state index contributed by atoms with van der Waals surface area (Å²) >= 11 is 1.54. The Kier molecular flexibility index (Phi) is 5.51. The van der Waals surface area contributed by atoms with Gasteiger partial charge in [0.1, 0.15) is 11.6 Å². The van der Waals surface area contributed by atoms with E-state index in [1.807, 2.05) is 45.9 Å². The zero-order valence-corrected chi connectivity index (χ0v) is 14.7. The smallest absolute Gasteiger partial charge is 0.411 e. The van der Waals surface area contributed by atoms with E-state index < -0.39 is 17.7 Å². The number of carbonyl (C=O) groups excluding carboxylic acids is 2. The summed E-state index contributed by atoms with van der Waals surface area (Å²) < 4.78 is 5.37. The zero-order chi connectivity index (χ0) is 17.0. The Hall–Kier alpha value is -1.76. The van der Waals surface area contributed by atoms with Crippen LogP contribution < -0.4 is 5.32 Å². The van der Waals surface area contributed by atoms with Gasteiger partial charge >= 0.3 is 6.09 Å². The van der Waals surface area contributed by atoms with Gasteiger partial charge in [-0.3, -0.25) is 14.7 Å². The lowest BCUT2D eigenvalue weighted by Gasteiger charge is -2.28. The summed E-state index contributed by atoms with van der Waals surface area (Å²) in [7, 11) is 0. The second-order valence-corrected chi connectivity index (χ2v) is 7.45. The summed E-state index contributed by atoms with van der Waals surface area (Å²) in [5.41, 5.74) is 0.211. The lowest BCUT2D eigenvalue weighted by Crippen LogP contribution is -2.49. The summed E-state index contributed by atoms with van der Waals surface area (Å²) in [4.78, 5) is 30.5. The lowest BCUT2D eigenvalue weighted by molar-refractivity contribution is -0.125. The molecule has 126 valence electrons. The van der Waals surface area contributed by atoms with E-state index in [4.69, 9.17) is 4.74 Å². The number of pyridine rings is 1. The first-order valence-electron chi connectivity index (χ1n) is 7.56. The number of hydrogen-bond acceptors (Lipinski definition) is 5. The molecule has 1 aromatic heterocycles. The van der Waals surface area contributed by atoms with Crippen molar-refractivity contribution in [2.24, 2.45) is 0 Å². The molecular formula is C16H23N3O3S. The van der Waals surface area contributed by atoms with Gasteiger partial charge in [-0.25, -0.2) is 4.79 Å². The molecule has 0 saturated carbocycles. The molecule has 0 aliphatic carbocycles. The molecule has 1 aliphatic rings. The number of hydrogen-bond donors (Lipinski definition) is 1. The van der Waals surface area contributed by atoms with Gasteiger partial charge < -0.3 is 10.1 Å². The number of carbonyl (C=O) groups is 2. The molecule has 2 rings (SSSR count). The number of nitrogens with zero attached hydrogens (tertiary/aromatic N) is 2. The zero-order valence-electron chi connectivity index (χ0n) is 13.9. The normalized spacial score (nSPS) is 19.3. The summed E-state index contributed by atoms with van der Waals surface area (Å²) in [6.45, 7) is 7.31. The van der Waals surface area contributed by atoms with E-state index >= 15 is 0 Å². The Labute approximate surface area is 141 Å². The average Bonchev–Trinajstić information content (AvgIpc) is 2.96. The van der Waals surface area contributed by atoms with Crippen LogP contribution in [0.25, 0.3) is 0 Å². The van der Waals surface area contributed by atoms with Gasteiger partial charge in [0.15, 0.2) is 0 Å². The predicted molar refractivity (Wildman–Crippen MR) is 90.0 cm³/mol. The standard InChI is InChI=1S/C16H23N3O3S/c1-11(12-7-5-6-8-17-12)18-14(20)13-9-23-10-19(13)15(21)22-16(2,3)4/h5-8,11,13H,9-10H2,1-4H3,(H,18,20)/t11-,13+/m1/s1. The van der Waals surface area contributed by atoms with E-state index in [0.29, 0.717) is 11.6 Å². The van der Waals surface area contributed by atoms with Gasteiger partial charge in [0, 0.05) is 11.9 Å². The van der Waals surface area contributed by atoms with Crippen molar-refractivity contribution in [1.29, 1.82) is 0 Å². The van der Waals surface area contributed by atoms with Gasteiger partial charge in [-0.15, -0.1) is 11.8 Å². The maximum atomic E-state index is 12.5. The van der Waals surface area contributed by atoms with Crippen LogP contribution in [-0.4, -0.2) is 45.2 Å². The van der Waals surface area contributed by atoms with Gasteiger partial charge in [0.25, 0.3) is 0 Å². The molecule has 1 saturated heterocycles. The first-order chi connectivity index (χ1) is 10.8. The Morgan fingerprint density at radius 1 is 1.43 bits per heavy atom. The van der Waals surface area contributed by atoms with Crippen molar-refractivity contribution < 1.29 is 14.3 Å². The predicted octanol–water partition coefficient (Wildman–Crippen LogP) is 2.57. The average molecular weight is 337 g/mol. The number of thioether (sulfide) groups is 1. The maximum absolute atomic E-state index is 12.5. The van der Waals surface area contributed by atoms with E-state index in [1.165, 1.54) is 4.90 Å². The van der Waals surface area contributed by atoms with E-state index in [-0.39, 0.29) is 11.9 Å². The molecule has 0 aromatic carbocycles. The quantitative estimate of drug-likeness (QED) is 0.918. The highest BCUT2D eigenvalue weighted by Gasteiger charge is 2.37. The molecule has 0 spiro atoms. The van der Waals surface area contributed by atoms with Crippen LogP contribution in [0.3, 0.4) is 0 Å². The topological polar surface area (TPSA) is 71.5 Å². The highest BCUT2D eigenvalue weighted by atomic mass is 32.2. The minimum absolute atomic E-state index is 0.181. The summed E-state index contributed by atoms with van der Waals surface area (Å²) in [6, 6.07) is 4.84. The molecule has 23 heavy (non-hydrogen) atoms. The van der Waals surface area contributed by atoms with Crippen LogP contribution in [0.2, 0.25) is 0 Å². The van der Waals surface area contributed by atoms with Crippen molar-refractivity contribution in [3.8, 4) is 0 Å². The number of amides is 2. The first-order valence-corrected chi connectivity index (χ1v) is 8.72. The third kappa shape index (κ3) is 4.86. The fourth-order valence-corrected chi connectivity index (χ4v) is 3.32. The van der Waals surface area contributed by atoms with Crippen LogP contribution in [0, 0.1) is 0 Å². The Bertz CT molecular complexity index is 559. The van der Waals surface area contributed by atoms with E-state index in [2.05, 4.69) is 10.3 Å². The minimum atomic E-state index is -0.577. The Morgan fingerprint density at radius 3 is 2.78 bits per heavy atom. The van der Waals surface area contributed by atoms with Crippen LogP contribution >= 0.6 is 11.8 Å². The van der Waals surface area contributed by atoms with Crippen molar-refractivity contribution in [3.05, 3.63) is 30.1 Å². The molecule has 2 amide bonds. The number of aromatic nitrogens is 1. The number of rotatable bonds is 3. The number of nitrogens with one attached hydrogen (secondary N) is 1. The highest BCUT2D eigenvalue weighted by Crippen LogP contribution is 2.24. The highest BCUT2D eigenvalue weighted by molar-refractivity contribution is 7.99. The molecule has 1 aliphatic heterocycles. The van der Waals surface area contributed by atoms with Crippen LogP contribution in [-0.2, 0) is 9.53 Å². The van der Waals surface area contributed by atoms with Crippen LogP contribution in [0.4, 0.5) is 4.79 Å². The fraction of sp³-hybridized carbons (Fsp3) is 0.562. The SMILES string of the molecule is C[C@@H](NC(=O)[C@@H]1CSCN1C(=O)OC(C)(C)C)c1ccccn1. The van der Waals surface area contributed by atoms with E-state index in [0.717, 1.165) is 5.69 Å². The Morgan fingerprint density at radius 2 is 2.17 bits per heavy atom. The van der Waals surface area contributed by atoms with Crippen LogP contribution in [0.15, 0.2) is 24.4 Å². The molecule has 6 nitrogen and oxygen atoms in total. The molecule has 2 heterocycles.